The van der Waals surface area contributed by atoms with E-state index in [-0.39, 0.29) is 4.90 Å². The Morgan fingerprint density at radius 2 is 1.57 bits per heavy atom. The number of benzene rings is 2. The molecule has 2 aliphatic heterocycles. The summed E-state index contributed by atoms with van der Waals surface area (Å²) in [6, 6.07) is 23.7. The van der Waals surface area contributed by atoms with E-state index >= 15 is 0 Å². The number of piperidine rings is 1. The Hall–Kier alpha value is -3.21. The third kappa shape index (κ3) is 5.04. The molecule has 0 bridgehead atoms. The zero-order valence-electron chi connectivity index (χ0n) is 22.9. The molecule has 3 aromatic rings. The van der Waals surface area contributed by atoms with Gasteiger partial charge >= 0.3 is 0 Å². The van der Waals surface area contributed by atoms with Crippen LogP contribution in [0.5, 0.6) is 0 Å². The SMILES string of the molecule is N#C[C@](c1ccccc1)(C1CCN(CC2CN(c3ccc(S(=O)(=O)c4ccncc4)cc3)C2)CC1)[C@@H]1[CH]CCC1. The predicted octanol–water partition coefficient (Wildman–Crippen LogP) is 5.53. The first-order valence-electron chi connectivity index (χ1n) is 14.5. The first kappa shape index (κ1) is 27.0. The van der Waals surface area contributed by atoms with Crippen LogP contribution in [0.15, 0.2) is 88.9 Å². The Morgan fingerprint density at radius 3 is 2.20 bits per heavy atom. The van der Waals surface area contributed by atoms with Crippen molar-refractivity contribution in [2.45, 2.75) is 47.3 Å². The Morgan fingerprint density at radius 1 is 0.900 bits per heavy atom. The van der Waals surface area contributed by atoms with Crippen LogP contribution in [-0.4, -0.2) is 51.0 Å². The topological polar surface area (TPSA) is 77.3 Å². The molecule has 207 valence electrons. The molecule has 40 heavy (non-hydrogen) atoms. The summed E-state index contributed by atoms with van der Waals surface area (Å²) in [6.07, 6.45) is 11.0. The van der Waals surface area contributed by atoms with Crippen LogP contribution >= 0.6 is 0 Å². The van der Waals surface area contributed by atoms with Gasteiger partial charge in [0.15, 0.2) is 0 Å². The number of anilines is 1. The minimum Gasteiger partial charge on any atom is -0.371 e. The fourth-order valence-corrected chi connectivity index (χ4v) is 8.46. The molecule has 1 saturated carbocycles. The van der Waals surface area contributed by atoms with Gasteiger partial charge in [0.1, 0.15) is 0 Å². The van der Waals surface area contributed by atoms with Crippen molar-refractivity contribution in [1.29, 1.82) is 5.26 Å². The van der Waals surface area contributed by atoms with Gasteiger partial charge in [0.2, 0.25) is 9.84 Å². The van der Waals surface area contributed by atoms with Crippen LogP contribution < -0.4 is 4.90 Å². The average Bonchev–Trinajstić information content (AvgIpc) is 3.53. The summed E-state index contributed by atoms with van der Waals surface area (Å²) in [5, 5.41) is 10.6. The third-order valence-electron chi connectivity index (χ3n) is 9.37. The molecular weight excluding hydrogens is 516 g/mol. The fourth-order valence-electron chi connectivity index (χ4n) is 7.22. The highest BCUT2D eigenvalue weighted by Gasteiger charge is 2.49. The molecule has 6 rings (SSSR count). The number of rotatable bonds is 8. The van der Waals surface area contributed by atoms with Crippen LogP contribution in [0, 0.1) is 35.5 Å². The van der Waals surface area contributed by atoms with E-state index in [1.165, 1.54) is 36.5 Å². The first-order valence-corrected chi connectivity index (χ1v) is 16.0. The number of pyridine rings is 1. The Kier molecular flexibility index (Phi) is 7.65. The van der Waals surface area contributed by atoms with Crippen molar-refractivity contribution in [1.82, 2.24) is 9.88 Å². The molecule has 3 heterocycles. The molecular formula is C33H37N4O2S. The summed E-state index contributed by atoms with van der Waals surface area (Å²) >= 11 is 0. The van der Waals surface area contributed by atoms with E-state index in [2.05, 4.69) is 51.5 Å². The van der Waals surface area contributed by atoms with Crippen LogP contribution in [0.2, 0.25) is 0 Å². The minimum absolute atomic E-state index is 0.264. The lowest BCUT2D eigenvalue weighted by molar-refractivity contribution is 0.109. The second-order valence-corrected chi connectivity index (χ2v) is 13.6. The summed E-state index contributed by atoms with van der Waals surface area (Å²) < 4.78 is 25.7. The quantitative estimate of drug-likeness (QED) is 0.365. The van der Waals surface area contributed by atoms with Crippen LogP contribution in [0.1, 0.15) is 37.7 Å². The number of sulfone groups is 1. The van der Waals surface area contributed by atoms with Crippen molar-refractivity contribution in [3.05, 3.63) is 91.1 Å². The van der Waals surface area contributed by atoms with Crippen molar-refractivity contribution in [2.24, 2.45) is 17.8 Å². The standard InChI is InChI=1S/C33H37N4O2S/c34-25-33(28-8-4-5-9-28,27-6-2-1-3-7-27)29-16-20-36(21-17-29)22-26-23-37(24-26)30-10-12-31(13-11-30)40(38,39)32-14-18-35-19-15-32/h1-3,6-8,10-15,18-19,26,28-29H,4-5,9,16-17,20-24H2/t28-,33-/m1/s1. The number of aromatic nitrogens is 1. The van der Waals surface area contributed by atoms with Gasteiger partial charge in [-0.2, -0.15) is 5.26 Å². The van der Waals surface area contributed by atoms with Gasteiger partial charge in [-0.3, -0.25) is 4.98 Å². The average molecular weight is 554 g/mol. The van der Waals surface area contributed by atoms with Crippen molar-refractivity contribution >= 4 is 15.5 Å². The van der Waals surface area contributed by atoms with Gasteiger partial charge in [-0.25, -0.2) is 8.42 Å². The van der Waals surface area contributed by atoms with Crippen LogP contribution in [0.4, 0.5) is 5.69 Å². The molecule has 0 N–H and O–H groups in total. The van der Waals surface area contributed by atoms with Crippen LogP contribution in [0.3, 0.4) is 0 Å². The van der Waals surface area contributed by atoms with Gasteiger partial charge in [-0.1, -0.05) is 36.8 Å². The monoisotopic (exact) mass is 553 g/mol. The van der Waals surface area contributed by atoms with E-state index in [1.54, 1.807) is 12.1 Å². The van der Waals surface area contributed by atoms with E-state index < -0.39 is 15.3 Å². The fraction of sp³-hybridized carbons (Fsp3) is 0.424. The number of likely N-dealkylation sites (tertiary alicyclic amines) is 1. The molecule has 3 fully saturated rings. The smallest absolute Gasteiger partial charge is 0.206 e. The Labute approximate surface area is 238 Å². The molecule has 0 amide bonds. The summed E-state index contributed by atoms with van der Waals surface area (Å²) in [4.78, 5) is 9.40. The summed E-state index contributed by atoms with van der Waals surface area (Å²) in [7, 11) is -3.53. The van der Waals surface area contributed by atoms with Crippen molar-refractivity contribution < 1.29 is 8.42 Å². The molecule has 1 radical (unpaired) electrons. The number of hydrogen-bond acceptors (Lipinski definition) is 6. The van der Waals surface area contributed by atoms with E-state index in [0.29, 0.717) is 22.6 Å². The van der Waals surface area contributed by atoms with E-state index in [4.69, 9.17) is 0 Å². The third-order valence-corrected chi connectivity index (χ3v) is 11.2. The lowest BCUT2D eigenvalue weighted by Gasteiger charge is -2.47. The van der Waals surface area contributed by atoms with Crippen LogP contribution in [-0.2, 0) is 15.3 Å². The molecule has 0 spiro atoms. The second kappa shape index (κ2) is 11.3. The molecule has 0 unspecified atom stereocenters. The normalized spacial score (nSPS) is 21.0. The maximum absolute atomic E-state index is 12.9. The summed E-state index contributed by atoms with van der Waals surface area (Å²) in [5.41, 5.74) is 1.86. The molecule has 6 nitrogen and oxygen atoms in total. The van der Waals surface area contributed by atoms with Gasteiger partial charge < -0.3 is 9.80 Å². The predicted molar refractivity (Wildman–Crippen MR) is 156 cm³/mol. The number of hydrogen-bond donors (Lipinski definition) is 0. The number of nitrogens with zero attached hydrogens (tertiary/aromatic N) is 4. The maximum atomic E-state index is 12.9. The first-order chi connectivity index (χ1) is 19.5. The van der Waals surface area contributed by atoms with Gasteiger partial charge in [-0.15, -0.1) is 0 Å². The van der Waals surface area contributed by atoms with E-state index in [0.717, 1.165) is 64.1 Å². The molecule has 1 aliphatic carbocycles. The highest BCUT2D eigenvalue weighted by molar-refractivity contribution is 7.91. The van der Waals surface area contributed by atoms with Gasteiger partial charge in [0, 0.05) is 43.6 Å². The molecule has 7 heteroatoms. The molecule has 2 aromatic carbocycles. The molecule has 2 saturated heterocycles. The molecule has 2 atom stereocenters. The van der Waals surface area contributed by atoms with Gasteiger partial charge in [0.05, 0.1) is 21.3 Å². The molecule has 1 aromatic heterocycles. The summed E-state index contributed by atoms with van der Waals surface area (Å²) in [6.45, 7) is 5.15. The Bertz CT molecular complexity index is 1420. The highest BCUT2D eigenvalue weighted by atomic mass is 32.2. The lowest BCUT2D eigenvalue weighted by Crippen LogP contribution is -2.53. The van der Waals surface area contributed by atoms with Crippen LogP contribution in [0.25, 0.3) is 0 Å². The van der Waals surface area contributed by atoms with Gasteiger partial charge in [0.25, 0.3) is 0 Å². The highest BCUT2D eigenvalue weighted by Crippen LogP contribution is 2.49. The second-order valence-electron chi connectivity index (χ2n) is 11.6. The van der Waals surface area contributed by atoms with E-state index in [9.17, 15) is 13.7 Å². The van der Waals surface area contributed by atoms with Crippen molar-refractivity contribution in [3.63, 3.8) is 0 Å². The van der Waals surface area contributed by atoms with E-state index in [1.807, 2.05) is 18.2 Å². The maximum Gasteiger partial charge on any atom is 0.206 e. The Balaban J connectivity index is 1.04. The minimum atomic E-state index is -3.53. The van der Waals surface area contributed by atoms with Crippen molar-refractivity contribution in [3.8, 4) is 6.07 Å². The zero-order valence-corrected chi connectivity index (χ0v) is 23.7. The van der Waals surface area contributed by atoms with Gasteiger partial charge in [-0.05, 0) is 99.0 Å². The largest absolute Gasteiger partial charge is 0.371 e. The number of nitriles is 1. The van der Waals surface area contributed by atoms with Crippen molar-refractivity contribution in [2.75, 3.05) is 37.6 Å². The zero-order chi connectivity index (χ0) is 27.6. The summed E-state index contributed by atoms with van der Waals surface area (Å²) in [5.74, 6) is 1.34. The lowest BCUT2D eigenvalue weighted by atomic mass is 9.60. The molecule has 3 aliphatic rings.